The molecule has 0 saturated carbocycles. The molecule has 0 atom stereocenters. The smallest absolute Gasteiger partial charge is 0.0667 e. The van der Waals surface area contributed by atoms with E-state index >= 15 is 0 Å². The van der Waals surface area contributed by atoms with Gasteiger partial charge in [0, 0.05) is 0 Å². The number of hydrogen-bond donors (Lipinski definition) is 0. The van der Waals surface area contributed by atoms with Crippen LogP contribution in [0.15, 0.2) is 103 Å². The van der Waals surface area contributed by atoms with Crippen molar-refractivity contribution in [3.8, 4) is 0 Å². The van der Waals surface area contributed by atoms with Crippen molar-refractivity contribution < 1.29 is 0 Å². The molecule has 0 radical (unpaired) electrons. The average molecular weight is 416 g/mol. The van der Waals surface area contributed by atoms with E-state index in [2.05, 4.69) is 103 Å². The van der Waals surface area contributed by atoms with E-state index in [0.29, 0.717) is 6.71 Å². The highest BCUT2D eigenvalue weighted by Gasteiger charge is 2.36. The summed E-state index contributed by atoms with van der Waals surface area (Å²) in [6.07, 6.45) is 2.07. The average Bonchev–Trinajstić information content (AvgIpc) is 2.88. The summed E-state index contributed by atoms with van der Waals surface area (Å²) in [5, 5.41) is 8.18. The van der Waals surface area contributed by atoms with E-state index in [1.165, 1.54) is 65.5 Å². The number of benzene rings is 6. The van der Waals surface area contributed by atoms with Crippen molar-refractivity contribution in [3.05, 3.63) is 125 Å². The minimum absolute atomic E-state index is 0.333. The van der Waals surface area contributed by atoms with Crippen molar-refractivity contribution in [1.82, 2.24) is 0 Å². The van der Waals surface area contributed by atoms with Gasteiger partial charge in [0.2, 0.25) is 6.71 Å². The summed E-state index contributed by atoms with van der Waals surface area (Å²) in [5.41, 5.74) is 10.5. The van der Waals surface area contributed by atoms with E-state index in [1.54, 1.807) is 5.46 Å². The summed E-state index contributed by atoms with van der Waals surface area (Å²) in [7, 11) is 0. The lowest BCUT2D eigenvalue weighted by Gasteiger charge is -2.34. The molecule has 0 saturated heterocycles. The van der Waals surface area contributed by atoms with Crippen LogP contribution in [0.2, 0.25) is 0 Å². The molecule has 0 unspecified atom stereocenters. The second kappa shape index (κ2) is 6.36. The molecule has 0 bridgehead atoms. The van der Waals surface area contributed by atoms with Gasteiger partial charge >= 0.3 is 0 Å². The molecule has 152 valence electrons. The molecule has 8 rings (SSSR count). The van der Waals surface area contributed by atoms with Crippen LogP contribution in [-0.4, -0.2) is 6.71 Å². The Bertz CT molecular complexity index is 1780. The Hall–Kier alpha value is -3.84. The maximum Gasteiger partial charge on any atom is 0.242 e. The van der Waals surface area contributed by atoms with E-state index in [-0.39, 0.29) is 0 Å². The van der Waals surface area contributed by atoms with Gasteiger partial charge in [0.25, 0.3) is 0 Å². The number of fused-ring (bicyclic) bond motifs is 10. The van der Waals surface area contributed by atoms with Gasteiger partial charge in [-0.05, 0) is 67.4 Å². The third-order valence-electron chi connectivity index (χ3n) is 8.02. The van der Waals surface area contributed by atoms with Crippen molar-refractivity contribution in [2.45, 2.75) is 12.8 Å². The topological polar surface area (TPSA) is 0 Å². The molecule has 6 aromatic rings. The van der Waals surface area contributed by atoms with Crippen LogP contribution in [0, 0.1) is 0 Å². The summed E-state index contributed by atoms with van der Waals surface area (Å²) in [5.74, 6) is 0. The fourth-order valence-corrected chi connectivity index (χ4v) is 6.65. The lowest BCUT2D eigenvalue weighted by atomic mass is 9.30. The van der Waals surface area contributed by atoms with Crippen LogP contribution in [0.3, 0.4) is 0 Å². The van der Waals surface area contributed by atoms with Gasteiger partial charge < -0.3 is 0 Å². The highest BCUT2D eigenvalue weighted by Crippen LogP contribution is 2.36. The second-order valence-electron chi connectivity index (χ2n) is 9.66. The summed E-state index contributed by atoms with van der Waals surface area (Å²) >= 11 is 0. The van der Waals surface area contributed by atoms with Crippen LogP contribution in [0.25, 0.3) is 32.3 Å². The molecular weight excluding hydrogens is 395 g/mol. The Balaban J connectivity index is 1.53. The van der Waals surface area contributed by atoms with Gasteiger partial charge in [-0.2, -0.15) is 0 Å². The monoisotopic (exact) mass is 416 g/mol. The molecule has 2 aliphatic rings. The molecule has 0 fully saturated rings. The van der Waals surface area contributed by atoms with Crippen molar-refractivity contribution in [3.63, 3.8) is 0 Å². The van der Waals surface area contributed by atoms with Gasteiger partial charge in [-0.3, -0.25) is 0 Å². The summed E-state index contributed by atoms with van der Waals surface area (Å²) in [6, 6.07) is 38.9. The van der Waals surface area contributed by atoms with E-state index in [4.69, 9.17) is 0 Å². The second-order valence-corrected chi connectivity index (χ2v) is 9.66. The molecule has 0 amide bonds. The standard InChI is InChI=1S/C32H21B/c1-6-15-30-20(8-1)16-21-9-7-10-22-17-23-18-28-26-13-4-2-11-24(26)25-12-3-5-14-27(25)29(28)19-31(23)33(30)32(21)22/h1-15,18-19H,16-17H2. The van der Waals surface area contributed by atoms with Gasteiger partial charge in [-0.15, -0.1) is 0 Å². The van der Waals surface area contributed by atoms with Crippen molar-refractivity contribution >= 4 is 55.4 Å². The molecular formula is C32H21B. The Labute approximate surface area is 193 Å². The Morgan fingerprint density at radius 2 is 0.909 bits per heavy atom. The minimum Gasteiger partial charge on any atom is -0.0667 e. The Morgan fingerprint density at radius 1 is 0.394 bits per heavy atom. The fraction of sp³-hybridized carbons (Fsp3) is 0.0625. The maximum absolute atomic E-state index is 2.53. The summed E-state index contributed by atoms with van der Waals surface area (Å²) < 4.78 is 0. The molecule has 6 aromatic carbocycles. The number of rotatable bonds is 0. The van der Waals surface area contributed by atoms with E-state index in [0.717, 1.165) is 12.8 Å². The molecule has 33 heavy (non-hydrogen) atoms. The lowest BCUT2D eigenvalue weighted by Crippen LogP contribution is -2.61. The van der Waals surface area contributed by atoms with E-state index in [9.17, 15) is 0 Å². The van der Waals surface area contributed by atoms with Crippen LogP contribution < -0.4 is 16.4 Å². The SMILES string of the molecule is c1ccc2c(c1)Cc1cccc3c1B2c1cc2c4ccccc4c4ccccc4c2cc1C3. The van der Waals surface area contributed by atoms with Crippen LogP contribution in [0.4, 0.5) is 0 Å². The van der Waals surface area contributed by atoms with E-state index in [1.807, 2.05) is 0 Å². The zero-order chi connectivity index (χ0) is 21.5. The van der Waals surface area contributed by atoms with Crippen LogP contribution in [-0.2, 0) is 12.8 Å². The minimum atomic E-state index is 0.333. The molecule has 0 aromatic heterocycles. The predicted octanol–water partition coefficient (Wildman–Crippen LogP) is 5.47. The van der Waals surface area contributed by atoms with Gasteiger partial charge in [-0.25, -0.2) is 0 Å². The van der Waals surface area contributed by atoms with Crippen LogP contribution in [0.5, 0.6) is 0 Å². The van der Waals surface area contributed by atoms with Crippen molar-refractivity contribution in [2.75, 3.05) is 0 Å². The third kappa shape index (κ3) is 2.32. The van der Waals surface area contributed by atoms with Gasteiger partial charge in [0.15, 0.2) is 0 Å². The molecule has 2 heterocycles. The van der Waals surface area contributed by atoms with Gasteiger partial charge in [-0.1, -0.05) is 120 Å². The summed E-state index contributed by atoms with van der Waals surface area (Å²) in [4.78, 5) is 0. The lowest BCUT2D eigenvalue weighted by molar-refractivity contribution is 1.15. The normalized spacial score (nSPS) is 13.8. The molecule has 0 nitrogen and oxygen atoms in total. The third-order valence-corrected chi connectivity index (χ3v) is 8.02. The highest BCUT2D eigenvalue weighted by atomic mass is 14.2. The zero-order valence-electron chi connectivity index (χ0n) is 18.3. The molecule has 0 spiro atoms. The predicted molar refractivity (Wildman–Crippen MR) is 142 cm³/mol. The maximum atomic E-state index is 2.53. The van der Waals surface area contributed by atoms with Crippen LogP contribution >= 0.6 is 0 Å². The first-order valence-electron chi connectivity index (χ1n) is 11.9. The first-order chi connectivity index (χ1) is 16.4. The van der Waals surface area contributed by atoms with Crippen molar-refractivity contribution in [2.24, 2.45) is 0 Å². The quantitative estimate of drug-likeness (QED) is 0.227. The molecule has 1 heteroatoms. The summed E-state index contributed by atoms with van der Waals surface area (Å²) in [6.45, 7) is 0.333. The van der Waals surface area contributed by atoms with Gasteiger partial charge in [0.1, 0.15) is 0 Å². The van der Waals surface area contributed by atoms with Crippen molar-refractivity contribution in [1.29, 1.82) is 0 Å². The fourth-order valence-electron chi connectivity index (χ4n) is 6.65. The molecule has 2 aliphatic heterocycles. The molecule has 0 N–H and O–H groups in total. The number of hydrogen-bond acceptors (Lipinski definition) is 0. The first kappa shape index (κ1) is 17.7. The Kier molecular flexibility index (Phi) is 3.41. The van der Waals surface area contributed by atoms with E-state index < -0.39 is 0 Å². The first-order valence-corrected chi connectivity index (χ1v) is 11.9. The van der Waals surface area contributed by atoms with Gasteiger partial charge in [0.05, 0.1) is 0 Å². The zero-order valence-corrected chi connectivity index (χ0v) is 18.3. The largest absolute Gasteiger partial charge is 0.242 e. The van der Waals surface area contributed by atoms with Crippen LogP contribution in [0.1, 0.15) is 22.3 Å². The molecule has 0 aliphatic carbocycles. The highest BCUT2D eigenvalue weighted by molar-refractivity contribution is 6.97. The Morgan fingerprint density at radius 3 is 1.61 bits per heavy atom.